The number of terminal acetylenes is 1. The maximum Gasteiger partial charge on any atom is 0.339 e. The Balaban J connectivity index is 0.000000214. The highest BCUT2D eigenvalue weighted by atomic mass is 32.2. The first kappa shape index (κ1) is 45.7. The van der Waals surface area contributed by atoms with Gasteiger partial charge in [-0.05, 0) is 50.3 Å². The zero-order valence-electron chi connectivity index (χ0n) is 31.0. The average Bonchev–Trinajstić information content (AvgIpc) is 3.40. The Kier molecular flexibility index (Phi) is 14.5. The van der Waals surface area contributed by atoms with E-state index in [4.69, 9.17) is 26.1 Å². The van der Waals surface area contributed by atoms with Crippen LogP contribution in [0, 0.1) is 34.2 Å². The number of carboxylic acid groups (broad SMARTS) is 1. The number of anilines is 2. The van der Waals surface area contributed by atoms with Crippen LogP contribution in [-0.4, -0.2) is 102 Å². The number of aliphatic carboxylic acids is 1. The van der Waals surface area contributed by atoms with Gasteiger partial charge in [0.1, 0.15) is 11.7 Å². The van der Waals surface area contributed by atoms with Crippen molar-refractivity contribution in [2.75, 3.05) is 42.0 Å². The van der Waals surface area contributed by atoms with Gasteiger partial charge in [0.15, 0.2) is 39.6 Å². The van der Waals surface area contributed by atoms with Gasteiger partial charge in [-0.25, -0.2) is 17.7 Å². The molecule has 4 aliphatic rings. The van der Waals surface area contributed by atoms with Gasteiger partial charge >= 0.3 is 13.6 Å². The highest BCUT2D eigenvalue weighted by molar-refractivity contribution is 7.90. The lowest BCUT2D eigenvalue weighted by Gasteiger charge is -2.29. The summed E-state index contributed by atoms with van der Waals surface area (Å²) in [6, 6.07) is 5.16. The summed E-state index contributed by atoms with van der Waals surface area (Å²) in [5.74, 6) is -4.35. The summed E-state index contributed by atoms with van der Waals surface area (Å²) in [5.41, 5.74) is -0.174. The number of ketones is 3. The molecule has 1 fully saturated rings. The molecular weight excluding hydrogens is 826 g/mol. The number of amides is 3. The molecule has 0 atom stereocenters. The monoisotopic (exact) mass is 862 g/mol. The first-order valence-corrected chi connectivity index (χ1v) is 21.1. The third kappa shape index (κ3) is 11.0. The second-order valence-electron chi connectivity index (χ2n) is 13.3. The van der Waals surface area contributed by atoms with Gasteiger partial charge in [-0.15, -0.1) is 6.42 Å². The van der Waals surface area contributed by atoms with Gasteiger partial charge < -0.3 is 19.6 Å². The third-order valence-electron chi connectivity index (χ3n) is 9.06. The smallest absolute Gasteiger partial charge is 0.339 e. The molecule has 59 heavy (non-hydrogen) atoms. The standard InChI is InChI=1S/C19H15FN2O4.C14H13NO7S.C3H8NO5P/c1-2-7-21-15-9-14(13(20)8-16(15)26-10-17(21)23)22-18(24)11-5-3-4-6-12(11)19(22)25;1-23(21,22)8-5-6-9(10(7-8)15(19)20)14(18)13-11(16)3-2-4-12(13)17;5-3(6)1-4-2-10(7,8)9/h1,8-9H,3-7,10H2;5-7,13H,2-4H2,1H3;4H,1-2H2,(H,5,6)(H2,7,8,9). The van der Waals surface area contributed by atoms with Crippen LogP contribution >= 0.6 is 7.60 Å². The summed E-state index contributed by atoms with van der Waals surface area (Å²) < 4.78 is 52.9. The molecule has 2 aliphatic heterocycles. The number of ether oxygens (including phenoxy) is 1. The minimum atomic E-state index is -4.10. The van der Waals surface area contributed by atoms with Crippen molar-refractivity contribution in [2.24, 2.45) is 5.92 Å². The van der Waals surface area contributed by atoms with Gasteiger partial charge in [0, 0.05) is 42.4 Å². The summed E-state index contributed by atoms with van der Waals surface area (Å²) in [6.45, 7) is -0.701. The molecule has 1 saturated carbocycles. The minimum absolute atomic E-state index is 0.0170. The molecule has 0 saturated heterocycles. The van der Waals surface area contributed by atoms with Gasteiger partial charge in [0.25, 0.3) is 23.4 Å². The maximum absolute atomic E-state index is 14.7. The fourth-order valence-electron chi connectivity index (χ4n) is 6.37. The van der Waals surface area contributed by atoms with Crippen LogP contribution in [0.3, 0.4) is 0 Å². The van der Waals surface area contributed by atoms with E-state index >= 15 is 0 Å². The topological polar surface area (TPSA) is 302 Å². The fraction of sp³-hybridized carbons (Fsp3) is 0.361. The van der Waals surface area contributed by atoms with E-state index in [9.17, 15) is 61.0 Å². The minimum Gasteiger partial charge on any atom is -0.481 e. The molecule has 0 aromatic heterocycles. The molecular formula is C36H36FN4O16PS. The number of hydrogen-bond acceptors (Lipinski definition) is 14. The lowest BCUT2D eigenvalue weighted by molar-refractivity contribution is -0.385. The zero-order valence-corrected chi connectivity index (χ0v) is 32.8. The van der Waals surface area contributed by atoms with E-state index < -0.39 is 93.3 Å². The molecule has 6 rings (SSSR count). The summed E-state index contributed by atoms with van der Waals surface area (Å²) in [7, 11) is -7.79. The first-order chi connectivity index (χ1) is 27.6. The van der Waals surface area contributed by atoms with Crippen LogP contribution in [0.25, 0.3) is 0 Å². The molecule has 0 spiro atoms. The maximum atomic E-state index is 14.7. The number of imide groups is 1. The molecule has 4 N–H and O–H groups in total. The first-order valence-electron chi connectivity index (χ1n) is 17.4. The number of rotatable bonds is 10. The quantitative estimate of drug-likeness (QED) is 0.0504. The number of nitro benzene ring substituents is 1. The van der Waals surface area contributed by atoms with Crippen LogP contribution in [0.4, 0.5) is 21.5 Å². The molecule has 2 aliphatic carbocycles. The van der Waals surface area contributed by atoms with E-state index in [2.05, 4.69) is 11.2 Å². The van der Waals surface area contributed by atoms with Crippen molar-refractivity contribution in [1.82, 2.24) is 5.32 Å². The van der Waals surface area contributed by atoms with Crippen molar-refractivity contribution >= 4 is 75.5 Å². The summed E-state index contributed by atoms with van der Waals surface area (Å²) in [5, 5.41) is 21.2. The highest BCUT2D eigenvalue weighted by Gasteiger charge is 2.42. The number of nitrogens with one attached hydrogen (secondary N) is 1. The summed E-state index contributed by atoms with van der Waals surface area (Å²) in [4.78, 5) is 112. The molecule has 0 bridgehead atoms. The van der Waals surface area contributed by atoms with E-state index in [-0.39, 0.29) is 53.9 Å². The van der Waals surface area contributed by atoms with Crippen molar-refractivity contribution in [2.45, 2.75) is 49.8 Å². The predicted octanol–water partition coefficient (Wildman–Crippen LogP) is 1.84. The van der Waals surface area contributed by atoms with Crippen LogP contribution in [-0.2, 0) is 43.2 Å². The number of fused-ring (bicyclic) bond motifs is 1. The van der Waals surface area contributed by atoms with Gasteiger partial charge in [-0.3, -0.25) is 58.5 Å². The number of halogens is 1. The lowest BCUT2D eigenvalue weighted by atomic mass is 9.81. The Morgan fingerprint density at radius 1 is 1.00 bits per heavy atom. The van der Waals surface area contributed by atoms with Crippen molar-refractivity contribution in [1.29, 1.82) is 0 Å². The zero-order chi connectivity index (χ0) is 44.0. The van der Waals surface area contributed by atoms with Crippen LogP contribution in [0.15, 0.2) is 46.4 Å². The molecule has 0 radical (unpaired) electrons. The Bertz CT molecular complexity index is 2340. The van der Waals surface area contributed by atoms with Gasteiger partial charge in [-0.2, -0.15) is 0 Å². The van der Waals surface area contributed by atoms with Crippen LogP contribution in [0.1, 0.15) is 55.3 Å². The Morgan fingerprint density at radius 2 is 1.59 bits per heavy atom. The van der Waals surface area contributed by atoms with E-state index in [1.165, 1.54) is 11.0 Å². The number of Topliss-reactive ketones (excluding diaryl/α,β-unsaturated/α-hetero) is 3. The number of carboxylic acids is 1. The highest BCUT2D eigenvalue weighted by Crippen LogP contribution is 2.42. The van der Waals surface area contributed by atoms with Crippen molar-refractivity contribution in [3.63, 3.8) is 0 Å². The predicted molar refractivity (Wildman–Crippen MR) is 202 cm³/mol. The largest absolute Gasteiger partial charge is 0.481 e. The Labute approximate surface area is 334 Å². The van der Waals surface area contributed by atoms with Crippen molar-refractivity contribution in [3.8, 4) is 18.1 Å². The molecule has 2 aromatic carbocycles. The molecule has 2 aromatic rings. The van der Waals surface area contributed by atoms with Crippen LogP contribution in [0.2, 0.25) is 0 Å². The fourth-order valence-corrected chi connectivity index (χ4v) is 7.41. The van der Waals surface area contributed by atoms with Crippen LogP contribution in [0.5, 0.6) is 5.75 Å². The number of nitro groups is 1. The number of nitrogens with zero attached hydrogens (tertiary/aromatic N) is 3. The Morgan fingerprint density at radius 3 is 2.10 bits per heavy atom. The van der Waals surface area contributed by atoms with Gasteiger partial charge in [-0.1, -0.05) is 5.92 Å². The number of sulfone groups is 1. The van der Waals surface area contributed by atoms with Crippen molar-refractivity contribution in [3.05, 3.63) is 63.0 Å². The van der Waals surface area contributed by atoms with Crippen LogP contribution < -0.4 is 19.9 Å². The SMILES string of the molecule is C#CCN1C(=O)COc2cc(F)c(N3C(=O)C4=C(CCCC4)C3=O)cc21.CS(=O)(=O)c1ccc(C(=O)C2C(=O)CCCC2=O)c([N+](=O)[O-])c1.O=C(O)CNCP(=O)(O)O. The molecule has 2 heterocycles. The summed E-state index contributed by atoms with van der Waals surface area (Å²) in [6.07, 6.45) is 8.78. The average molecular weight is 863 g/mol. The van der Waals surface area contributed by atoms with Gasteiger partial charge in [0.2, 0.25) is 0 Å². The van der Waals surface area contributed by atoms with Crippen molar-refractivity contribution < 1.29 is 75.5 Å². The Hall–Kier alpha value is -5.98. The molecule has 20 nitrogen and oxygen atoms in total. The second kappa shape index (κ2) is 18.7. The van der Waals surface area contributed by atoms with E-state index in [0.717, 1.165) is 48.3 Å². The number of hydrogen-bond donors (Lipinski definition) is 4. The molecule has 3 amide bonds. The number of carbonyl (C=O) groups excluding carboxylic acids is 6. The molecule has 0 unspecified atom stereocenters. The number of benzene rings is 2. The lowest BCUT2D eigenvalue weighted by Crippen LogP contribution is -2.39. The molecule has 314 valence electrons. The second-order valence-corrected chi connectivity index (χ2v) is 17.0. The third-order valence-corrected chi connectivity index (χ3v) is 10.8. The van der Waals surface area contributed by atoms with E-state index in [1.807, 2.05) is 0 Å². The van der Waals surface area contributed by atoms with E-state index in [1.54, 1.807) is 0 Å². The van der Waals surface area contributed by atoms with Gasteiger partial charge in [0.05, 0.1) is 46.1 Å². The van der Waals surface area contributed by atoms with E-state index in [0.29, 0.717) is 30.4 Å². The number of carbonyl (C=O) groups is 7. The summed E-state index contributed by atoms with van der Waals surface area (Å²) >= 11 is 0. The molecule has 23 heteroatoms. The normalized spacial score (nSPS) is 16.8.